The molecule has 1 N–H and O–H groups in total. The summed E-state index contributed by atoms with van der Waals surface area (Å²) in [6.45, 7) is 7.31. The van der Waals surface area contributed by atoms with Gasteiger partial charge in [0.25, 0.3) is 0 Å². The van der Waals surface area contributed by atoms with Crippen LogP contribution >= 0.6 is 0 Å². The van der Waals surface area contributed by atoms with Crippen LogP contribution in [0.1, 0.15) is 12.8 Å². The van der Waals surface area contributed by atoms with Gasteiger partial charge in [-0.1, -0.05) is 6.42 Å². The number of rotatable bonds is 5. The van der Waals surface area contributed by atoms with Crippen molar-refractivity contribution in [1.29, 1.82) is 0 Å². The maximum absolute atomic E-state index is 5.51. The number of ether oxygens (including phenoxy) is 1. The molecule has 0 radical (unpaired) electrons. The van der Waals surface area contributed by atoms with Crippen molar-refractivity contribution in [3.8, 4) is 0 Å². The molecule has 1 aliphatic rings. The van der Waals surface area contributed by atoms with Crippen LogP contribution in [-0.2, 0) is 9.16 Å². The molecule has 1 aliphatic heterocycles. The van der Waals surface area contributed by atoms with Gasteiger partial charge in [-0.05, 0) is 25.6 Å². The van der Waals surface area contributed by atoms with Crippen LogP contribution < -0.4 is 5.32 Å². The van der Waals surface area contributed by atoms with E-state index < -0.39 is 8.32 Å². The topological polar surface area (TPSA) is 30.5 Å². The molecule has 0 saturated carbocycles. The summed E-state index contributed by atoms with van der Waals surface area (Å²) in [7, 11) is 0.511. The molecule has 1 unspecified atom stereocenters. The molecule has 0 aromatic carbocycles. The highest BCUT2D eigenvalue weighted by atomic mass is 28.4. The molecule has 0 spiro atoms. The van der Waals surface area contributed by atoms with Gasteiger partial charge in [-0.15, -0.1) is 0 Å². The zero-order valence-electron chi connectivity index (χ0n) is 9.64. The molecule has 0 amide bonds. The summed E-state index contributed by atoms with van der Waals surface area (Å²) in [5.74, 6) is 0. The minimum atomic E-state index is -1.33. The lowest BCUT2D eigenvalue weighted by Gasteiger charge is -2.25. The molecule has 0 aromatic rings. The molecular formula is C10H23NO2Si. The molecule has 84 valence electrons. The summed E-state index contributed by atoms with van der Waals surface area (Å²) in [5, 5.41) is 3.47. The average Bonchev–Trinajstić information content (AvgIpc) is 2.19. The van der Waals surface area contributed by atoms with Crippen molar-refractivity contribution < 1.29 is 9.16 Å². The maximum Gasteiger partial charge on any atom is 0.186 e. The molecule has 4 heteroatoms. The summed E-state index contributed by atoms with van der Waals surface area (Å²) in [5.41, 5.74) is 0. The van der Waals surface area contributed by atoms with Gasteiger partial charge in [0.05, 0.1) is 13.2 Å². The van der Waals surface area contributed by atoms with Gasteiger partial charge in [0.15, 0.2) is 8.32 Å². The molecule has 1 atom stereocenters. The minimum absolute atomic E-state index is 0.574. The van der Waals surface area contributed by atoms with Crippen LogP contribution in [0.4, 0.5) is 0 Å². The monoisotopic (exact) mass is 217 g/mol. The van der Waals surface area contributed by atoms with Crippen molar-refractivity contribution in [2.75, 3.05) is 26.9 Å². The third-order valence-corrected chi connectivity index (χ3v) is 5.55. The number of morpholine rings is 1. The first-order valence-electron chi connectivity index (χ1n) is 5.50. The van der Waals surface area contributed by atoms with Crippen molar-refractivity contribution in [2.45, 2.75) is 38.0 Å². The van der Waals surface area contributed by atoms with E-state index in [-0.39, 0.29) is 0 Å². The van der Waals surface area contributed by atoms with Crippen molar-refractivity contribution in [3.63, 3.8) is 0 Å². The van der Waals surface area contributed by atoms with E-state index in [0.29, 0.717) is 6.04 Å². The second-order valence-electron chi connectivity index (χ2n) is 4.58. The molecule has 14 heavy (non-hydrogen) atoms. The average molecular weight is 217 g/mol. The van der Waals surface area contributed by atoms with Crippen molar-refractivity contribution >= 4 is 8.32 Å². The Morgan fingerprint density at radius 2 is 2.29 bits per heavy atom. The SMILES string of the molecule is CO[Si](C)(C)CCCC1COCCN1. The van der Waals surface area contributed by atoms with E-state index in [1.165, 1.54) is 18.9 Å². The maximum atomic E-state index is 5.51. The number of nitrogens with one attached hydrogen (secondary N) is 1. The lowest BCUT2D eigenvalue weighted by Crippen LogP contribution is -2.41. The van der Waals surface area contributed by atoms with Crippen LogP contribution in [0.3, 0.4) is 0 Å². The van der Waals surface area contributed by atoms with Crippen LogP contribution in [0.25, 0.3) is 0 Å². The Balaban J connectivity index is 2.08. The van der Waals surface area contributed by atoms with Gasteiger partial charge in [-0.3, -0.25) is 0 Å². The van der Waals surface area contributed by atoms with Crippen molar-refractivity contribution in [1.82, 2.24) is 5.32 Å². The van der Waals surface area contributed by atoms with Crippen molar-refractivity contribution in [2.24, 2.45) is 0 Å². The Hall–Kier alpha value is 0.0969. The number of hydrogen-bond acceptors (Lipinski definition) is 3. The fourth-order valence-corrected chi connectivity index (χ4v) is 2.94. The zero-order valence-corrected chi connectivity index (χ0v) is 10.6. The molecule has 1 heterocycles. The zero-order chi connectivity index (χ0) is 10.4. The predicted molar refractivity (Wildman–Crippen MR) is 61.1 cm³/mol. The standard InChI is InChI=1S/C10H23NO2Si/c1-12-14(2,3)8-4-5-10-9-13-7-6-11-10/h10-11H,4-9H2,1-3H3. The summed E-state index contributed by atoms with van der Waals surface area (Å²) in [6, 6.07) is 1.83. The summed E-state index contributed by atoms with van der Waals surface area (Å²) in [4.78, 5) is 0. The van der Waals surface area contributed by atoms with Gasteiger partial charge in [0, 0.05) is 19.7 Å². The molecule has 0 aromatic heterocycles. The number of hydrogen-bond donors (Lipinski definition) is 1. The Bertz CT molecular complexity index is 158. The Kier molecular flexibility index (Phi) is 5.09. The first kappa shape index (κ1) is 12.2. The minimum Gasteiger partial charge on any atom is -0.420 e. The molecule has 0 aliphatic carbocycles. The van der Waals surface area contributed by atoms with E-state index in [9.17, 15) is 0 Å². The highest BCUT2D eigenvalue weighted by molar-refractivity contribution is 6.71. The van der Waals surface area contributed by atoms with Crippen LogP contribution in [0.5, 0.6) is 0 Å². The third kappa shape index (κ3) is 4.55. The van der Waals surface area contributed by atoms with Gasteiger partial charge in [-0.25, -0.2) is 0 Å². The van der Waals surface area contributed by atoms with Gasteiger partial charge < -0.3 is 14.5 Å². The molecule has 0 bridgehead atoms. The predicted octanol–water partition coefficient (Wildman–Crippen LogP) is 1.61. The van der Waals surface area contributed by atoms with E-state index in [1.807, 2.05) is 7.11 Å². The Labute approximate surface area is 88.3 Å². The summed E-state index contributed by atoms with van der Waals surface area (Å²) >= 11 is 0. The van der Waals surface area contributed by atoms with E-state index >= 15 is 0 Å². The van der Waals surface area contributed by atoms with E-state index in [4.69, 9.17) is 9.16 Å². The molecule has 1 saturated heterocycles. The first-order valence-corrected chi connectivity index (χ1v) is 8.62. The fourth-order valence-electron chi connectivity index (χ4n) is 1.68. The van der Waals surface area contributed by atoms with Crippen LogP contribution in [0.15, 0.2) is 0 Å². The molecule has 1 rings (SSSR count). The Morgan fingerprint density at radius 3 is 2.86 bits per heavy atom. The quantitative estimate of drug-likeness (QED) is 0.710. The van der Waals surface area contributed by atoms with Crippen LogP contribution in [0.2, 0.25) is 19.1 Å². The molecule has 1 fully saturated rings. The Morgan fingerprint density at radius 1 is 1.50 bits per heavy atom. The van der Waals surface area contributed by atoms with E-state index in [2.05, 4.69) is 18.4 Å². The second kappa shape index (κ2) is 5.85. The third-order valence-electron chi connectivity index (χ3n) is 2.88. The second-order valence-corrected chi connectivity index (χ2v) is 9.01. The van der Waals surface area contributed by atoms with Crippen LogP contribution in [-0.4, -0.2) is 41.2 Å². The van der Waals surface area contributed by atoms with Crippen molar-refractivity contribution in [3.05, 3.63) is 0 Å². The van der Waals surface area contributed by atoms with Crippen LogP contribution in [0, 0.1) is 0 Å². The van der Waals surface area contributed by atoms with Gasteiger partial charge in [0.1, 0.15) is 0 Å². The van der Waals surface area contributed by atoms with Gasteiger partial charge in [-0.2, -0.15) is 0 Å². The molecular weight excluding hydrogens is 194 g/mol. The summed E-state index contributed by atoms with van der Waals surface area (Å²) in [6.07, 6.45) is 2.48. The highest BCUT2D eigenvalue weighted by Gasteiger charge is 2.21. The molecule has 3 nitrogen and oxygen atoms in total. The first-order chi connectivity index (χ1) is 6.64. The highest BCUT2D eigenvalue weighted by Crippen LogP contribution is 2.15. The lowest BCUT2D eigenvalue weighted by atomic mass is 10.1. The largest absolute Gasteiger partial charge is 0.420 e. The normalized spacial score (nSPS) is 23.8. The lowest BCUT2D eigenvalue weighted by molar-refractivity contribution is 0.0739. The summed E-state index contributed by atoms with van der Waals surface area (Å²) < 4.78 is 10.9. The van der Waals surface area contributed by atoms with E-state index in [1.54, 1.807) is 0 Å². The smallest absolute Gasteiger partial charge is 0.186 e. The van der Waals surface area contributed by atoms with Gasteiger partial charge in [0.2, 0.25) is 0 Å². The van der Waals surface area contributed by atoms with E-state index in [0.717, 1.165) is 19.8 Å². The van der Waals surface area contributed by atoms with Gasteiger partial charge >= 0.3 is 0 Å². The fraction of sp³-hybridized carbons (Fsp3) is 1.00.